The molecule has 20 heavy (non-hydrogen) atoms. The number of methoxy groups -OCH3 is 1. The average Bonchev–Trinajstić information content (AvgIpc) is 2.45. The Bertz CT molecular complexity index is 579. The fraction of sp³-hybridized carbons (Fsp3) is 0.294. The van der Waals surface area contributed by atoms with E-state index in [1.165, 1.54) is 5.56 Å². The third-order valence-electron chi connectivity index (χ3n) is 3.19. The molecule has 0 aliphatic carbocycles. The van der Waals surface area contributed by atoms with Crippen molar-refractivity contribution in [2.45, 2.75) is 26.5 Å². The first-order valence-corrected chi connectivity index (χ1v) is 6.72. The third-order valence-corrected chi connectivity index (χ3v) is 3.19. The van der Waals surface area contributed by atoms with E-state index >= 15 is 0 Å². The van der Waals surface area contributed by atoms with E-state index in [2.05, 4.69) is 25.1 Å². The summed E-state index contributed by atoms with van der Waals surface area (Å²) in [5, 5.41) is 0. The number of benzene rings is 2. The van der Waals surface area contributed by atoms with Crippen molar-refractivity contribution >= 4 is 0 Å². The lowest BCUT2D eigenvalue weighted by Crippen LogP contribution is -2.05. The van der Waals surface area contributed by atoms with Crippen LogP contribution in [0.5, 0.6) is 11.5 Å². The van der Waals surface area contributed by atoms with E-state index in [1.807, 2.05) is 31.2 Å². The second-order valence-electron chi connectivity index (χ2n) is 4.98. The molecular weight excluding hydrogens is 250 g/mol. The largest absolute Gasteiger partial charge is 0.493 e. The Hall–Kier alpha value is -2.00. The van der Waals surface area contributed by atoms with Gasteiger partial charge in [-0.15, -0.1) is 0 Å². The standard InChI is InChI=1S/C17H21NO2/c1-12-5-4-6-14(9-12)11-20-16-8-7-15(13(2)18)10-17(16)19-3/h4-10,13H,11,18H2,1-3H3/t13-/m1/s1. The number of hydrogen-bond donors (Lipinski definition) is 1. The van der Waals surface area contributed by atoms with Gasteiger partial charge >= 0.3 is 0 Å². The topological polar surface area (TPSA) is 44.5 Å². The van der Waals surface area contributed by atoms with Crippen molar-refractivity contribution in [2.75, 3.05) is 7.11 Å². The average molecular weight is 271 g/mol. The van der Waals surface area contributed by atoms with Gasteiger partial charge in [0, 0.05) is 6.04 Å². The second-order valence-corrected chi connectivity index (χ2v) is 4.98. The molecular formula is C17H21NO2. The Labute approximate surface area is 120 Å². The summed E-state index contributed by atoms with van der Waals surface area (Å²) < 4.78 is 11.2. The van der Waals surface area contributed by atoms with Gasteiger partial charge in [-0.3, -0.25) is 0 Å². The molecule has 106 valence electrons. The summed E-state index contributed by atoms with van der Waals surface area (Å²) >= 11 is 0. The van der Waals surface area contributed by atoms with Gasteiger partial charge in [-0.05, 0) is 37.1 Å². The lowest BCUT2D eigenvalue weighted by atomic mass is 10.1. The van der Waals surface area contributed by atoms with Crippen LogP contribution >= 0.6 is 0 Å². The van der Waals surface area contributed by atoms with Crippen LogP contribution in [0.1, 0.15) is 29.7 Å². The van der Waals surface area contributed by atoms with Crippen molar-refractivity contribution < 1.29 is 9.47 Å². The zero-order chi connectivity index (χ0) is 14.5. The Kier molecular flexibility index (Phi) is 4.64. The molecule has 0 spiro atoms. The van der Waals surface area contributed by atoms with E-state index in [0.717, 1.165) is 16.9 Å². The highest BCUT2D eigenvalue weighted by molar-refractivity contribution is 5.43. The number of ether oxygens (including phenoxy) is 2. The highest BCUT2D eigenvalue weighted by Crippen LogP contribution is 2.30. The van der Waals surface area contributed by atoms with Crippen LogP contribution in [0.2, 0.25) is 0 Å². The van der Waals surface area contributed by atoms with E-state index in [1.54, 1.807) is 7.11 Å². The highest BCUT2D eigenvalue weighted by atomic mass is 16.5. The molecule has 1 atom stereocenters. The maximum absolute atomic E-state index is 5.87. The summed E-state index contributed by atoms with van der Waals surface area (Å²) in [4.78, 5) is 0. The molecule has 0 bridgehead atoms. The summed E-state index contributed by atoms with van der Waals surface area (Å²) in [6, 6.07) is 14.1. The Morgan fingerprint density at radius 1 is 1.10 bits per heavy atom. The van der Waals surface area contributed by atoms with Gasteiger partial charge in [-0.25, -0.2) is 0 Å². The monoisotopic (exact) mass is 271 g/mol. The SMILES string of the molecule is COc1cc([C@@H](C)N)ccc1OCc1cccc(C)c1. The zero-order valence-corrected chi connectivity index (χ0v) is 12.2. The molecule has 0 aliphatic rings. The highest BCUT2D eigenvalue weighted by Gasteiger charge is 2.08. The summed E-state index contributed by atoms with van der Waals surface area (Å²) in [6.07, 6.45) is 0. The molecule has 0 saturated carbocycles. The van der Waals surface area contributed by atoms with Crippen LogP contribution in [0.25, 0.3) is 0 Å². The molecule has 0 radical (unpaired) electrons. The van der Waals surface area contributed by atoms with Gasteiger partial charge < -0.3 is 15.2 Å². The van der Waals surface area contributed by atoms with Crippen molar-refractivity contribution in [1.82, 2.24) is 0 Å². The van der Waals surface area contributed by atoms with Crippen molar-refractivity contribution in [2.24, 2.45) is 5.73 Å². The number of aryl methyl sites for hydroxylation is 1. The second kappa shape index (κ2) is 6.44. The van der Waals surface area contributed by atoms with Gasteiger partial charge in [0.25, 0.3) is 0 Å². The molecule has 2 aromatic carbocycles. The van der Waals surface area contributed by atoms with Crippen molar-refractivity contribution in [1.29, 1.82) is 0 Å². The van der Waals surface area contributed by atoms with E-state index < -0.39 is 0 Å². The van der Waals surface area contributed by atoms with Gasteiger partial charge in [0.05, 0.1) is 7.11 Å². The maximum Gasteiger partial charge on any atom is 0.161 e. The van der Waals surface area contributed by atoms with Crippen LogP contribution in [-0.2, 0) is 6.61 Å². The van der Waals surface area contributed by atoms with Crippen molar-refractivity contribution in [3.05, 3.63) is 59.2 Å². The molecule has 0 aromatic heterocycles. The molecule has 2 rings (SSSR count). The quantitative estimate of drug-likeness (QED) is 0.903. The first-order chi connectivity index (χ1) is 9.60. The molecule has 0 saturated heterocycles. The molecule has 2 aromatic rings. The predicted molar refractivity (Wildman–Crippen MR) is 81.1 cm³/mol. The van der Waals surface area contributed by atoms with E-state index in [-0.39, 0.29) is 6.04 Å². The molecule has 2 N–H and O–H groups in total. The minimum atomic E-state index is -0.0188. The van der Waals surface area contributed by atoms with Crippen molar-refractivity contribution in [3.8, 4) is 11.5 Å². The van der Waals surface area contributed by atoms with Gasteiger partial charge in [0.1, 0.15) is 6.61 Å². The Morgan fingerprint density at radius 2 is 1.90 bits per heavy atom. The summed E-state index contributed by atoms with van der Waals surface area (Å²) in [5.74, 6) is 1.45. The predicted octanol–water partition coefficient (Wildman–Crippen LogP) is 3.60. The lowest BCUT2D eigenvalue weighted by molar-refractivity contribution is 0.284. The summed E-state index contributed by atoms with van der Waals surface area (Å²) in [5.41, 5.74) is 9.27. The summed E-state index contributed by atoms with van der Waals surface area (Å²) in [7, 11) is 1.64. The first-order valence-electron chi connectivity index (χ1n) is 6.72. The fourth-order valence-corrected chi connectivity index (χ4v) is 2.05. The molecule has 0 fully saturated rings. The minimum absolute atomic E-state index is 0.0188. The van der Waals surface area contributed by atoms with Crippen LogP contribution < -0.4 is 15.2 Å². The first kappa shape index (κ1) is 14.4. The van der Waals surface area contributed by atoms with Crippen LogP contribution in [0.15, 0.2) is 42.5 Å². The van der Waals surface area contributed by atoms with Gasteiger partial charge in [-0.1, -0.05) is 35.9 Å². The number of rotatable bonds is 5. The molecule has 0 aliphatic heterocycles. The van der Waals surface area contributed by atoms with Crippen LogP contribution in [0.4, 0.5) is 0 Å². The van der Waals surface area contributed by atoms with E-state index in [4.69, 9.17) is 15.2 Å². The van der Waals surface area contributed by atoms with Gasteiger partial charge in [0.2, 0.25) is 0 Å². The normalized spacial score (nSPS) is 12.0. The smallest absolute Gasteiger partial charge is 0.161 e. The molecule has 3 heteroatoms. The van der Waals surface area contributed by atoms with Crippen LogP contribution in [-0.4, -0.2) is 7.11 Å². The van der Waals surface area contributed by atoms with Gasteiger partial charge in [0.15, 0.2) is 11.5 Å². The van der Waals surface area contributed by atoms with Crippen molar-refractivity contribution in [3.63, 3.8) is 0 Å². The molecule has 0 unspecified atom stereocenters. The third kappa shape index (κ3) is 3.52. The van der Waals surface area contributed by atoms with Crippen LogP contribution in [0, 0.1) is 6.92 Å². The number of nitrogens with two attached hydrogens (primary N) is 1. The Morgan fingerprint density at radius 3 is 2.55 bits per heavy atom. The Balaban J connectivity index is 2.13. The van der Waals surface area contributed by atoms with E-state index in [9.17, 15) is 0 Å². The minimum Gasteiger partial charge on any atom is -0.493 e. The fourth-order valence-electron chi connectivity index (χ4n) is 2.05. The zero-order valence-electron chi connectivity index (χ0n) is 12.2. The lowest BCUT2D eigenvalue weighted by Gasteiger charge is -2.14. The van der Waals surface area contributed by atoms with Crippen LogP contribution in [0.3, 0.4) is 0 Å². The summed E-state index contributed by atoms with van der Waals surface area (Å²) in [6.45, 7) is 4.54. The number of hydrogen-bond acceptors (Lipinski definition) is 3. The van der Waals surface area contributed by atoms with E-state index in [0.29, 0.717) is 12.4 Å². The molecule has 0 amide bonds. The molecule has 0 heterocycles. The van der Waals surface area contributed by atoms with Gasteiger partial charge in [-0.2, -0.15) is 0 Å². The maximum atomic E-state index is 5.87. The molecule has 3 nitrogen and oxygen atoms in total.